The maximum absolute atomic E-state index is 4.77. The van der Waals surface area contributed by atoms with Crippen molar-refractivity contribution in [2.24, 2.45) is 0 Å². The summed E-state index contributed by atoms with van der Waals surface area (Å²) in [5.74, 6) is 2.84. The van der Waals surface area contributed by atoms with Crippen molar-refractivity contribution < 1.29 is 0 Å². The van der Waals surface area contributed by atoms with Crippen LogP contribution in [0.2, 0.25) is 0 Å². The molecule has 3 aliphatic rings. The molecule has 1 aromatic rings. The van der Waals surface area contributed by atoms with E-state index < -0.39 is 0 Å². The van der Waals surface area contributed by atoms with Crippen LogP contribution in [0.25, 0.3) is 0 Å². The minimum absolute atomic E-state index is 0.642. The normalized spacial score (nSPS) is 23.3. The monoisotopic (exact) mass is 230 g/mol. The summed E-state index contributed by atoms with van der Waals surface area (Å²) < 4.78 is 0. The van der Waals surface area contributed by atoms with E-state index in [1.165, 1.54) is 43.4 Å². The van der Waals surface area contributed by atoms with E-state index in [0.29, 0.717) is 12.0 Å². The van der Waals surface area contributed by atoms with Gasteiger partial charge in [-0.3, -0.25) is 0 Å². The first-order valence-corrected chi connectivity index (χ1v) is 6.77. The maximum atomic E-state index is 4.77. The second-order valence-electron chi connectivity index (χ2n) is 5.51. The van der Waals surface area contributed by atoms with Gasteiger partial charge in [0.2, 0.25) is 0 Å². The molecule has 2 saturated carbocycles. The van der Waals surface area contributed by atoms with Crippen LogP contribution in [-0.4, -0.2) is 16.0 Å². The van der Waals surface area contributed by atoms with E-state index in [-0.39, 0.29) is 0 Å². The number of rotatable bonds is 3. The molecule has 0 radical (unpaired) electrons. The molecular formula is C13H18N4. The van der Waals surface area contributed by atoms with Gasteiger partial charge in [-0.1, -0.05) is 0 Å². The fourth-order valence-electron chi connectivity index (χ4n) is 2.58. The molecular weight excluding hydrogens is 212 g/mol. The number of nitrogens with zero attached hydrogens (tertiary/aromatic N) is 2. The van der Waals surface area contributed by atoms with E-state index in [4.69, 9.17) is 9.97 Å². The zero-order chi connectivity index (χ0) is 11.2. The third kappa shape index (κ3) is 1.71. The molecule has 2 N–H and O–H groups in total. The number of anilines is 1. The number of nitrogens with one attached hydrogen (secondary N) is 2. The molecule has 17 heavy (non-hydrogen) atoms. The summed E-state index contributed by atoms with van der Waals surface area (Å²) in [6.45, 7) is 1.84. The van der Waals surface area contributed by atoms with Crippen LogP contribution in [0.3, 0.4) is 0 Å². The molecule has 0 saturated heterocycles. The van der Waals surface area contributed by atoms with Gasteiger partial charge < -0.3 is 10.6 Å². The molecule has 0 spiro atoms. The SMILES string of the molecule is C1CC(Nc2nc(C3CC3)nc3c2CNC3)C1. The summed E-state index contributed by atoms with van der Waals surface area (Å²) in [4.78, 5) is 9.48. The Kier molecular flexibility index (Phi) is 2.12. The van der Waals surface area contributed by atoms with Gasteiger partial charge >= 0.3 is 0 Å². The first-order chi connectivity index (χ1) is 8.40. The standard InChI is InChI=1S/C13H18N4/c1-2-9(3-1)15-13-10-6-14-7-11(10)16-12(17-13)8-4-5-8/h8-9,14H,1-7H2,(H,15,16,17). The fraction of sp³-hybridized carbons (Fsp3) is 0.692. The van der Waals surface area contributed by atoms with Crippen molar-refractivity contribution in [1.29, 1.82) is 0 Å². The Labute approximate surface area is 101 Å². The van der Waals surface area contributed by atoms with Crippen molar-refractivity contribution >= 4 is 5.82 Å². The highest BCUT2D eigenvalue weighted by atomic mass is 15.1. The lowest BCUT2D eigenvalue weighted by Crippen LogP contribution is -2.28. The van der Waals surface area contributed by atoms with Gasteiger partial charge in [-0.05, 0) is 32.1 Å². The Balaban J connectivity index is 1.69. The van der Waals surface area contributed by atoms with Crippen molar-refractivity contribution in [3.05, 3.63) is 17.1 Å². The van der Waals surface area contributed by atoms with E-state index in [0.717, 1.165) is 24.7 Å². The van der Waals surface area contributed by atoms with Gasteiger partial charge in [-0.2, -0.15) is 0 Å². The number of aromatic nitrogens is 2. The lowest BCUT2D eigenvalue weighted by atomic mass is 9.93. The summed E-state index contributed by atoms with van der Waals surface area (Å²) in [5.41, 5.74) is 2.53. The van der Waals surface area contributed by atoms with Crippen molar-refractivity contribution in [2.45, 2.75) is 57.2 Å². The average Bonchev–Trinajstić information content (AvgIpc) is 3.02. The summed E-state index contributed by atoms with van der Waals surface area (Å²) >= 11 is 0. The molecule has 0 amide bonds. The molecule has 0 aromatic carbocycles. The molecule has 2 aliphatic carbocycles. The van der Waals surface area contributed by atoms with Crippen molar-refractivity contribution in [3.8, 4) is 0 Å². The molecule has 90 valence electrons. The Bertz CT molecular complexity index is 449. The van der Waals surface area contributed by atoms with E-state index >= 15 is 0 Å². The van der Waals surface area contributed by atoms with Crippen LogP contribution in [0.5, 0.6) is 0 Å². The summed E-state index contributed by atoms with van der Waals surface area (Å²) in [6.07, 6.45) is 6.50. The molecule has 0 atom stereocenters. The van der Waals surface area contributed by atoms with Gasteiger partial charge in [0.25, 0.3) is 0 Å². The van der Waals surface area contributed by atoms with Crippen molar-refractivity contribution in [1.82, 2.24) is 15.3 Å². The van der Waals surface area contributed by atoms with Crippen LogP contribution >= 0.6 is 0 Å². The first kappa shape index (κ1) is 9.83. The predicted octanol–water partition coefficient (Wildman–Crippen LogP) is 1.92. The molecule has 2 heterocycles. The van der Waals surface area contributed by atoms with Crippen LogP contribution in [0.1, 0.15) is 55.1 Å². The summed E-state index contributed by atoms with van der Waals surface area (Å²) in [6, 6.07) is 0.654. The molecule has 1 aliphatic heterocycles. The highest BCUT2D eigenvalue weighted by molar-refractivity contribution is 5.49. The topological polar surface area (TPSA) is 49.8 Å². The first-order valence-electron chi connectivity index (χ1n) is 6.77. The molecule has 4 nitrogen and oxygen atoms in total. The van der Waals surface area contributed by atoms with Crippen LogP contribution in [0, 0.1) is 0 Å². The summed E-state index contributed by atoms with van der Waals surface area (Å²) in [5, 5.41) is 6.99. The van der Waals surface area contributed by atoms with E-state index in [1.807, 2.05) is 0 Å². The van der Waals surface area contributed by atoms with Crippen LogP contribution in [0.4, 0.5) is 5.82 Å². The van der Waals surface area contributed by atoms with Gasteiger partial charge in [0.15, 0.2) is 0 Å². The number of fused-ring (bicyclic) bond motifs is 1. The molecule has 4 rings (SSSR count). The second kappa shape index (κ2) is 3.67. The highest BCUT2D eigenvalue weighted by Crippen LogP contribution is 2.39. The van der Waals surface area contributed by atoms with Gasteiger partial charge in [0.1, 0.15) is 11.6 Å². The largest absolute Gasteiger partial charge is 0.367 e. The van der Waals surface area contributed by atoms with E-state index in [1.54, 1.807) is 0 Å². The molecule has 1 aromatic heterocycles. The predicted molar refractivity (Wildman–Crippen MR) is 65.8 cm³/mol. The Morgan fingerprint density at radius 1 is 1.06 bits per heavy atom. The quantitative estimate of drug-likeness (QED) is 0.833. The van der Waals surface area contributed by atoms with Crippen molar-refractivity contribution in [2.75, 3.05) is 5.32 Å². The Hall–Kier alpha value is -1.16. The average molecular weight is 230 g/mol. The third-order valence-electron chi connectivity index (χ3n) is 4.09. The van der Waals surface area contributed by atoms with Gasteiger partial charge in [-0.15, -0.1) is 0 Å². The molecule has 0 bridgehead atoms. The van der Waals surface area contributed by atoms with E-state index in [2.05, 4.69) is 10.6 Å². The van der Waals surface area contributed by atoms with E-state index in [9.17, 15) is 0 Å². The minimum Gasteiger partial charge on any atom is -0.367 e. The smallest absolute Gasteiger partial charge is 0.134 e. The Morgan fingerprint density at radius 3 is 2.65 bits per heavy atom. The molecule has 4 heteroatoms. The molecule has 0 unspecified atom stereocenters. The summed E-state index contributed by atoms with van der Waals surface area (Å²) in [7, 11) is 0. The van der Waals surface area contributed by atoms with Gasteiger partial charge in [0.05, 0.1) is 5.69 Å². The second-order valence-corrected chi connectivity index (χ2v) is 5.51. The lowest BCUT2D eigenvalue weighted by Gasteiger charge is -2.28. The third-order valence-corrected chi connectivity index (χ3v) is 4.09. The van der Waals surface area contributed by atoms with Crippen LogP contribution in [0.15, 0.2) is 0 Å². The molecule has 2 fully saturated rings. The zero-order valence-electron chi connectivity index (χ0n) is 10.00. The van der Waals surface area contributed by atoms with Gasteiger partial charge in [-0.25, -0.2) is 9.97 Å². The maximum Gasteiger partial charge on any atom is 0.134 e. The van der Waals surface area contributed by atoms with Crippen LogP contribution in [-0.2, 0) is 13.1 Å². The highest BCUT2D eigenvalue weighted by Gasteiger charge is 2.30. The zero-order valence-corrected chi connectivity index (χ0v) is 10.00. The number of hydrogen-bond donors (Lipinski definition) is 2. The Morgan fingerprint density at radius 2 is 1.94 bits per heavy atom. The fourth-order valence-corrected chi connectivity index (χ4v) is 2.58. The minimum atomic E-state index is 0.642. The lowest BCUT2D eigenvalue weighted by molar-refractivity contribution is 0.444. The number of hydrogen-bond acceptors (Lipinski definition) is 4. The van der Waals surface area contributed by atoms with Crippen LogP contribution < -0.4 is 10.6 Å². The van der Waals surface area contributed by atoms with Crippen molar-refractivity contribution in [3.63, 3.8) is 0 Å². The van der Waals surface area contributed by atoms with Gasteiger partial charge in [0, 0.05) is 30.6 Å².